The standard InChI is InChI=1S/C13H15N3O2S/c1-16-11(4-6-15-16)2-3-13(18)14-8-12(17)10-5-7-19-9-10/h2-7,9,12,17H,8H2,1H3,(H,14,18)/b3-2+. The molecule has 2 heterocycles. The summed E-state index contributed by atoms with van der Waals surface area (Å²) in [7, 11) is 1.80. The Balaban J connectivity index is 1.82. The lowest BCUT2D eigenvalue weighted by atomic mass is 10.2. The van der Waals surface area contributed by atoms with E-state index in [-0.39, 0.29) is 12.5 Å². The van der Waals surface area contributed by atoms with Crippen LogP contribution < -0.4 is 5.32 Å². The topological polar surface area (TPSA) is 67.2 Å². The van der Waals surface area contributed by atoms with Crippen molar-refractivity contribution >= 4 is 23.3 Å². The molecule has 100 valence electrons. The van der Waals surface area contributed by atoms with Crippen LogP contribution in [0.1, 0.15) is 17.4 Å². The lowest BCUT2D eigenvalue weighted by Crippen LogP contribution is -2.26. The molecule has 1 atom stereocenters. The van der Waals surface area contributed by atoms with Gasteiger partial charge in [0.05, 0.1) is 11.8 Å². The fourth-order valence-electron chi connectivity index (χ4n) is 1.55. The number of aliphatic hydroxyl groups excluding tert-OH is 1. The van der Waals surface area contributed by atoms with Gasteiger partial charge >= 0.3 is 0 Å². The zero-order valence-corrected chi connectivity index (χ0v) is 11.3. The summed E-state index contributed by atoms with van der Waals surface area (Å²) in [6, 6.07) is 3.65. The molecule has 1 amide bonds. The number of thiophene rings is 1. The number of carbonyl (C=O) groups excluding carboxylic acids is 1. The summed E-state index contributed by atoms with van der Waals surface area (Å²) in [5, 5.41) is 20.2. The highest BCUT2D eigenvalue weighted by Gasteiger charge is 2.08. The van der Waals surface area contributed by atoms with E-state index in [9.17, 15) is 9.90 Å². The predicted molar refractivity (Wildman–Crippen MR) is 74.5 cm³/mol. The van der Waals surface area contributed by atoms with Gasteiger partial charge in [0.2, 0.25) is 5.91 Å². The summed E-state index contributed by atoms with van der Waals surface area (Å²) in [6.07, 6.45) is 4.11. The van der Waals surface area contributed by atoms with Crippen molar-refractivity contribution in [2.75, 3.05) is 6.54 Å². The number of aromatic nitrogens is 2. The van der Waals surface area contributed by atoms with Crippen molar-refractivity contribution in [3.63, 3.8) is 0 Å². The molecule has 19 heavy (non-hydrogen) atoms. The van der Waals surface area contributed by atoms with Gasteiger partial charge in [-0.05, 0) is 34.5 Å². The van der Waals surface area contributed by atoms with E-state index >= 15 is 0 Å². The van der Waals surface area contributed by atoms with Crippen LogP contribution in [0, 0.1) is 0 Å². The predicted octanol–water partition coefficient (Wildman–Crippen LogP) is 1.34. The number of nitrogens with one attached hydrogen (secondary N) is 1. The maximum Gasteiger partial charge on any atom is 0.244 e. The molecule has 0 aliphatic carbocycles. The summed E-state index contributed by atoms with van der Waals surface area (Å²) >= 11 is 1.52. The average molecular weight is 277 g/mol. The molecule has 0 radical (unpaired) electrons. The van der Waals surface area contributed by atoms with Gasteiger partial charge in [0.15, 0.2) is 0 Å². The van der Waals surface area contributed by atoms with Crippen LogP contribution in [-0.2, 0) is 11.8 Å². The smallest absolute Gasteiger partial charge is 0.244 e. The molecular weight excluding hydrogens is 262 g/mol. The lowest BCUT2D eigenvalue weighted by molar-refractivity contribution is -0.116. The first-order valence-corrected chi connectivity index (χ1v) is 6.75. The molecule has 0 fully saturated rings. The highest BCUT2D eigenvalue weighted by molar-refractivity contribution is 7.07. The van der Waals surface area contributed by atoms with Gasteiger partial charge in [-0.25, -0.2) is 0 Å². The van der Waals surface area contributed by atoms with E-state index in [0.717, 1.165) is 11.3 Å². The molecule has 6 heteroatoms. The van der Waals surface area contributed by atoms with Gasteiger partial charge in [0.25, 0.3) is 0 Å². The Labute approximate surface area is 115 Å². The van der Waals surface area contributed by atoms with Gasteiger partial charge in [-0.15, -0.1) is 0 Å². The van der Waals surface area contributed by atoms with Crippen LogP contribution in [-0.4, -0.2) is 27.3 Å². The summed E-state index contributed by atoms with van der Waals surface area (Å²) < 4.78 is 1.67. The summed E-state index contributed by atoms with van der Waals surface area (Å²) in [4.78, 5) is 11.6. The normalized spacial score (nSPS) is 12.7. The van der Waals surface area contributed by atoms with Crippen LogP contribution in [0.2, 0.25) is 0 Å². The molecule has 2 aromatic heterocycles. The second-order valence-electron chi connectivity index (χ2n) is 4.03. The quantitative estimate of drug-likeness (QED) is 0.811. The second kappa shape index (κ2) is 6.31. The molecule has 2 N–H and O–H groups in total. The van der Waals surface area contributed by atoms with Crippen LogP contribution in [0.25, 0.3) is 6.08 Å². The number of aliphatic hydroxyl groups is 1. The van der Waals surface area contributed by atoms with Crippen molar-refractivity contribution in [2.45, 2.75) is 6.10 Å². The minimum Gasteiger partial charge on any atom is -0.387 e. The number of amides is 1. The van der Waals surface area contributed by atoms with Crippen LogP contribution in [0.3, 0.4) is 0 Å². The van der Waals surface area contributed by atoms with Crippen LogP contribution in [0.5, 0.6) is 0 Å². The van der Waals surface area contributed by atoms with E-state index in [0.29, 0.717) is 0 Å². The molecule has 1 unspecified atom stereocenters. The minimum atomic E-state index is -0.666. The number of carbonyl (C=O) groups is 1. The first-order chi connectivity index (χ1) is 9.16. The van der Waals surface area contributed by atoms with Gasteiger partial charge in [0, 0.05) is 25.9 Å². The Kier molecular flexibility index (Phi) is 4.48. The maximum atomic E-state index is 11.6. The van der Waals surface area contributed by atoms with Crippen molar-refractivity contribution in [1.29, 1.82) is 0 Å². The summed E-state index contributed by atoms with van der Waals surface area (Å²) in [5.41, 5.74) is 1.66. The fraction of sp³-hybridized carbons (Fsp3) is 0.231. The number of hydrogen-bond donors (Lipinski definition) is 2. The van der Waals surface area contributed by atoms with Gasteiger partial charge < -0.3 is 10.4 Å². The van der Waals surface area contributed by atoms with E-state index in [1.807, 2.05) is 22.9 Å². The molecule has 2 aromatic rings. The molecule has 0 saturated carbocycles. The third kappa shape index (κ3) is 3.77. The monoisotopic (exact) mass is 277 g/mol. The number of hydrogen-bond acceptors (Lipinski definition) is 4. The molecule has 5 nitrogen and oxygen atoms in total. The Morgan fingerprint density at radius 2 is 2.47 bits per heavy atom. The maximum absolute atomic E-state index is 11.6. The first kappa shape index (κ1) is 13.5. The zero-order chi connectivity index (χ0) is 13.7. The van der Waals surface area contributed by atoms with Gasteiger partial charge in [-0.3, -0.25) is 9.48 Å². The SMILES string of the molecule is Cn1nccc1/C=C/C(=O)NCC(O)c1ccsc1. The van der Waals surface area contributed by atoms with E-state index in [1.165, 1.54) is 17.4 Å². The lowest BCUT2D eigenvalue weighted by Gasteiger charge is -2.08. The molecule has 0 spiro atoms. The van der Waals surface area contributed by atoms with Crippen molar-refractivity contribution in [1.82, 2.24) is 15.1 Å². The molecule has 0 saturated heterocycles. The van der Waals surface area contributed by atoms with E-state index < -0.39 is 6.10 Å². The van der Waals surface area contributed by atoms with Crippen molar-refractivity contribution in [3.05, 3.63) is 46.4 Å². The number of aryl methyl sites for hydroxylation is 1. The molecule has 0 aromatic carbocycles. The van der Waals surface area contributed by atoms with Crippen LogP contribution in [0.15, 0.2) is 35.2 Å². The summed E-state index contributed by atoms with van der Waals surface area (Å²) in [6.45, 7) is 0.200. The Bertz CT molecular complexity index is 560. The number of nitrogens with zero attached hydrogens (tertiary/aromatic N) is 2. The van der Waals surface area contributed by atoms with E-state index in [2.05, 4.69) is 10.4 Å². The summed E-state index contributed by atoms with van der Waals surface area (Å²) in [5.74, 6) is -0.240. The molecule has 0 aliphatic heterocycles. The van der Waals surface area contributed by atoms with Crippen molar-refractivity contribution in [2.24, 2.45) is 7.05 Å². The van der Waals surface area contributed by atoms with Crippen LogP contribution in [0.4, 0.5) is 0 Å². The Morgan fingerprint density at radius 1 is 1.63 bits per heavy atom. The van der Waals surface area contributed by atoms with Crippen LogP contribution >= 0.6 is 11.3 Å². The van der Waals surface area contributed by atoms with E-state index in [4.69, 9.17) is 0 Å². The van der Waals surface area contributed by atoms with Crippen molar-refractivity contribution < 1.29 is 9.90 Å². The van der Waals surface area contributed by atoms with Crippen molar-refractivity contribution in [3.8, 4) is 0 Å². The Hall–Kier alpha value is -1.92. The average Bonchev–Trinajstić information content (AvgIpc) is 3.05. The van der Waals surface area contributed by atoms with Gasteiger partial charge in [-0.1, -0.05) is 0 Å². The molecular formula is C13H15N3O2S. The first-order valence-electron chi connectivity index (χ1n) is 5.81. The highest BCUT2D eigenvalue weighted by atomic mass is 32.1. The third-order valence-electron chi connectivity index (χ3n) is 2.66. The molecule has 2 rings (SSSR count). The van der Waals surface area contributed by atoms with Gasteiger partial charge in [-0.2, -0.15) is 16.4 Å². The second-order valence-corrected chi connectivity index (χ2v) is 4.81. The third-order valence-corrected chi connectivity index (χ3v) is 3.36. The van der Waals surface area contributed by atoms with Gasteiger partial charge in [0.1, 0.15) is 0 Å². The minimum absolute atomic E-state index is 0.200. The number of rotatable bonds is 5. The van der Waals surface area contributed by atoms with E-state index in [1.54, 1.807) is 24.0 Å². The largest absolute Gasteiger partial charge is 0.387 e. The Morgan fingerprint density at radius 3 is 3.11 bits per heavy atom. The fourth-order valence-corrected chi connectivity index (χ4v) is 2.25. The zero-order valence-electron chi connectivity index (χ0n) is 10.5. The molecule has 0 aliphatic rings. The highest BCUT2D eigenvalue weighted by Crippen LogP contribution is 2.14. The molecule has 0 bridgehead atoms.